The van der Waals surface area contributed by atoms with Crippen LogP contribution in [0.15, 0.2) is 24.3 Å². The molecule has 0 aliphatic carbocycles. The van der Waals surface area contributed by atoms with Crippen LogP contribution in [0.2, 0.25) is 0 Å². The zero-order valence-electron chi connectivity index (χ0n) is 13.5. The summed E-state index contributed by atoms with van der Waals surface area (Å²) < 4.78 is 5.18. The van der Waals surface area contributed by atoms with Gasteiger partial charge in [0.1, 0.15) is 5.75 Å². The minimum atomic E-state index is 0.418. The molecule has 0 saturated heterocycles. The Kier molecular flexibility index (Phi) is 9.14. The molecule has 0 saturated carbocycles. The Morgan fingerprint density at radius 3 is 2.15 bits per heavy atom. The topological polar surface area (TPSA) is 21.3 Å². The van der Waals surface area contributed by atoms with E-state index in [4.69, 9.17) is 4.74 Å². The summed E-state index contributed by atoms with van der Waals surface area (Å²) in [6.07, 6.45) is 9.57. The average molecular weight is 277 g/mol. The molecule has 0 heterocycles. The number of nitrogens with one attached hydrogen (secondary N) is 1. The van der Waals surface area contributed by atoms with E-state index in [-0.39, 0.29) is 0 Å². The molecule has 20 heavy (non-hydrogen) atoms. The molecule has 0 amide bonds. The molecular weight excluding hydrogens is 246 g/mol. The van der Waals surface area contributed by atoms with Gasteiger partial charge in [-0.3, -0.25) is 0 Å². The highest BCUT2D eigenvalue weighted by Crippen LogP contribution is 2.17. The van der Waals surface area contributed by atoms with Crippen molar-refractivity contribution in [2.75, 3.05) is 13.7 Å². The fourth-order valence-corrected chi connectivity index (χ4v) is 2.41. The quantitative estimate of drug-likeness (QED) is 0.568. The van der Waals surface area contributed by atoms with Gasteiger partial charge in [-0.1, -0.05) is 57.6 Å². The Morgan fingerprint density at radius 2 is 1.55 bits per heavy atom. The standard InChI is InChI=1S/C18H31NO/c1-4-5-6-7-8-9-10-15-19-16(2)17-11-13-18(20-3)14-12-17/h11-14,16,19H,4-10,15H2,1-3H3/t16-/m1/s1. The number of benzene rings is 1. The fourth-order valence-electron chi connectivity index (χ4n) is 2.41. The predicted octanol–water partition coefficient (Wildman–Crippen LogP) is 5.10. The number of unbranched alkanes of at least 4 members (excludes halogenated alkanes) is 6. The van der Waals surface area contributed by atoms with Crippen LogP contribution in [0.5, 0.6) is 5.75 Å². The lowest BCUT2D eigenvalue weighted by Gasteiger charge is -2.14. The summed E-state index contributed by atoms with van der Waals surface area (Å²) in [6.45, 7) is 5.61. The summed E-state index contributed by atoms with van der Waals surface area (Å²) in [6, 6.07) is 8.76. The second kappa shape index (κ2) is 10.7. The van der Waals surface area contributed by atoms with Crippen LogP contribution in [0.1, 0.15) is 70.4 Å². The molecule has 0 unspecified atom stereocenters. The highest BCUT2D eigenvalue weighted by molar-refractivity contribution is 5.28. The zero-order chi connectivity index (χ0) is 14.6. The van der Waals surface area contributed by atoms with Gasteiger partial charge in [0.05, 0.1) is 7.11 Å². The summed E-state index contributed by atoms with van der Waals surface area (Å²) in [5.41, 5.74) is 1.33. The van der Waals surface area contributed by atoms with Crippen molar-refractivity contribution in [2.45, 2.75) is 64.8 Å². The van der Waals surface area contributed by atoms with E-state index in [0.717, 1.165) is 12.3 Å². The molecule has 0 radical (unpaired) electrons. The third-order valence-electron chi connectivity index (χ3n) is 3.85. The monoisotopic (exact) mass is 277 g/mol. The molecule has 1 rings (SSSR count). The molecule has 0 bridgehead atoms. The van der Waals surface area contributed by atoms with Crippen molar-refractivity contribution in [2.24, 2.45) is 0 Å². The van der Waals surface area contributed by atoms with Crippen molar-refractivity contribution in [3.05, 3.63) is 29.8 Å². The number of hydrogen-bond acceptors (Lipinski definition) is 2. The van der Waals surface area contributed by atoms with Crippen molar-refractivity contribution in [1.29, 1.82) is 0 Å². The van der Waals surface area contributed by atoms with E-state index in [1.165, 1.54) is 50.5 Å². The molecular formula is C18H31NO. The summed E-state index contributed by atoms with van der Waals surface area (Å²) in [4.78, 5) is 0. The molecule has 2 nitrogen and oxygen atoms in total. The number of hydrogen-bond donors (Lipinski definition) is 1. The van der Waals surface area contributed by atoms with E-state index in [1.807, 2.05) is 12.1 Å². The van der Waals surface area contributed by atoms with Gasteiger partial charge < -0.3 is 10.1 Å². The van der Waals surface area contributed by atoms with Crippen LogP contribution in [-0.2, 0) is 0 Å². The van der Waals surface area contributed by atoms with Crippen LogP contribution in [-0.4, -0.2) is 13.7 Å². The van der Waals surface area contributed by atoms with Gasteiger partial charge >= 0.3 is 0 Å². The van der Waals surface area contributed by atoms with Crippen molar-refractivity contribution in [1.82, 2.24) is 5.32 Å². The number of rotatable bonds is 11. The van der Waals surface area contributed by atoms with Gasteiger partial charge in [0.15, 0.2) is 0 Å². The number of ether oxygens (including phenoxy) is 1. The van der Waals surface area contributed by atoms with Crippen LogP contribution in [0, 0.1) is 0 Å². The average Bonchev–Trinajstić information content (AvgIpc) is 2.50. The maximum Gasteiger partial charge on any atom is 0.118 e. The normalized spacial score (nSPS) is 12.3. The highest BCUT2D eigenvalue weighted by atomic mass is 16.5. The lowest BCUT2D eigenvalue weighted by molar-refractivity contribution is 0.414. The Labute approximate surface area is 124 Å². The summed E-state index contributed by atoms with van der Waals surface area (Å²) in [7, 11) is 1.71. The van der Waals surface area contributed by atoms with E-state index in [0.29, 0.717) is 6.04 Å². The molecule has 0 fully saturated rings. The Balaban J connectivity index is 2.08. The van der Waals surface area contributed by atoms with Crippen molar-refractivity contribution < 1.29 is 4.74 Å². The van der Waals surface area contributed by atoms with E-state index in [9.17, 15) is 0 Å². The molecule has 114 valence electrons. The van der Waals surface area contributed by atoms with Crippen molar-refractivity contribution >= 4 is 0 Å². The summed E-state index contributed by atoms with van der Waals surface area (Å²) >= 11 is 0. The molecule has 1 aromatic rings. The van der Waals surface area contributed by atoms with Gasteiger partial charge in [0.25, 0.3) is 0 Å². The van der Waals surface area contributed by atoms with Gasteiger partial charge in [0, 0.05) is 6.04 Å². The van der Waals surface area contributed by atoms with E-state index < -0.39 is 0 Å². The van der Waals surface area contributed by atoms with E-state index >= 15 is 0 Å². The van der Waals surface area contributed by atoms with Crippen LogP contribution in [0.25, 0.3) is 0 Å². The van der Waals surface area contributed by atoms with Crippen molar-refractivity contribution in [3.8, 4) is 5.75 Å². The summed E-state index contributed by atoms with van der Waals surface area (Å²) in [5.74, 6) is 0.924. The molecule has 1 atom stereocenters. The van der Waals surface area contributed by atoms with Gasteiger partial charge in [-0.25, -0.2) is 0 Å². The van der Waals surface area contributed by atoms with Gasteiger partial charge in [-0.05, 0) is 37.6 Å². The van der Waals surface area contributed by atoms with Crippen LogP contribution >= 0.6 is 0 Å². The first-order valence-corrected chi connectivity index (χ1v) is 8.15. The number of methoxy groups -OCH3 is 1. The SMILES string of the molecule is CCCCCCCCCN[C@H](C)c1ccc(OC)cc1. The molecule has 0 aliphatic rings. The Hall–Kier alpha value is -1.02. The van der Waals surface area contributed by atoms with Gasteiger partial charge in [0.2, 0.25) is 0 Å². The summed E-state index contributed by atoms with van der Waals surface area (Å²) in [5, 5.41) is 3.60. The second-order valence-corrected chi connectivity index (χ2v) is 5.57. The Bertz CT molecular complexity index is 334. The molecule has 0 aromatic heterocycles. The first-order chi connectivity index (χ1) is 9.77. The lowest BCUT2D eigenvalue weighted by Crippen LogP contribution is -2.19. The third-order valence-corrected chi connectivity index (χ3v) is 3.85. The minimum Gasteiger partial charge on any atom is -0.497 e. The van der Waals surface area contributed by atoms with Crippen LogP contribution in [0.3, 0.4) is 0 Å². The molecule has 2 heteroatoms. The van der Waals surface area contributed by atoms with E-state index in [2.05, 4.69) is 31.3 Å². The van der Waals surface area contributed by atoms with Crippen LogP contribution in [0.4, 0.5) is 0 Å². The second-order valence-electron chi connectivity index (χ2n) is 5.57. The lowest BCUT2D eigenvalue weighted by atomic mass is 10.1. The molecule has 0 aliphatic heterocycles. The largest absolute Gasteiger partial charge is 0.497 e. The third kappa shape index (κ3) is 6.95. The van der Waals surface area contributed by atoms with E-state index in [1.54, 1.807) is 7.11 Å². The van der Waals surface area contributed by atoms with Crippen molar-refractivity contribution in [3.63, 3.8) is 0 Å². The first-order valence-electron chi connectivity index (χ1n) is 8.15. The smallest absolute Gasteiger partial charge is 0.118 e. The minimum absolute atomic E-state index is 0.418. The zero-order valence-corrected chi connectivity index (χ0v) is 13.5. The molecule has 1 aromatic carbocycles. The Morgan fingerprint density at radius 1 is 0.950 bits per heavy atom. The molecule has 1 N–H and O–H groups in total. The first kappa shape index (κ1) is 17.0. The maximum atomic E-state index is 5.18. The highest BCUT2D eigenvalue weighted by Gasteiger charge is 2.04. The predicted molar refractivity (Wildman–Crippen MR) is 87.4 cm³/mol. The van der Waals surface area contributed by atoms with Crippen LogP contribution < -0.4 is 10.1 Å². The maximum absolute atomic E-state index is 5.18. The van der Waals surface area contributed by atoms with Gasteiger partial charge in [-0.15, -0.1) is 0 Å². The fraction of sp³-hybridized carbons (Fsp3) is 0.667. The van der Waals surface area contributed by atoms with Gasteiger partial charge in [-0.2, -0.15) is 0 Å². The molecule has 0 spiro atoms.